The van der Waals surface area contributed by atoms with Crippen LogP contribution in [0.15, 0.2) is 41.4 Å². The van der Waals surface area contributed by atoms with Crippen LogP contribution < -0.4 is 15.5 Å². The number of hydrogen-bond donors (Lipinski definition) is 2. The zero-order valence-electron chi connectivity index (χ0n) is 23.0. The third-order valence-electron chi connectivity index (χ3n) is 7.24. The Bertz CT molecular complexity index is 1750. The number of benzene rings is 1. The smallest absolute Gasteiger partial charge is 0.329 e. The summed E-state index contributed by atoms with van der Waals surface area (Å²) in [7, 11) is 0. The van der Waals surface area contributed by atoms with Crippen LogP contribution in [0.2, 0.25) is 5.02 Å². The molecule has 2 N–H and O–H groups in total. The number of carbonyl (C=O) groups excluding carboxylic acids is 3. The maximum atomic E-state index is 13.2. The van der Waals surface area contributed by atoms with Crippen LogP contribution in [0.25, 0.3) is 5.00 Å². The van der Waals surface area contributed by atoms with E-state index >= 15 is 0 Å². The van der Waals surface area contributed by atoms with Crippen LogP contribution in [-0.4, -0.2) is 55.1 Å². The Morgan fingerprint density at radius 1 is 1.07 bits per heavy atom. The largest absolute Gasteiger partial charge is 0.350 e. The molecule has 1 fully saturated rings. The number of halogens is 1. The highest BCUT2D eigenvalue weighted by atomic mass is 35.5. The molecule has 5 heterocycles. The van der Waals surface area contributed by atoms with Crippen LogP contribution in [0, 0.1) is 20.8 Å². The topological polar surface area (TPSA) is 147 Å². The summed E-state index contributed by atoms with van der Waals surface area (Å²) in [6.07, 6.45) is 0.226. The monoisotopic (exact) mass is 603 g/mol. The Morgan fingerprint density at radius 3 is 2.57 bits per heavy atom. The number of anilines is 1. The first kappa shape index (κ1) is 27.7. The lowest BCUT2D eigenvalue weighted by Gasteiger charge is -2.24. The van der Waals surface area contributed by atoms with Crippen LogP contribution in [-0.2, 0) is 16.1 Å². The highest BCUT2D eigenvalue weighted by molar-refractivity contribution is 7.15. The molecule has 0 unspecified atom stereocenters. The Morgan fingerprint density at radius 2 is 1.86 bits per heavy atom. The van der Waals surface area contributed by atoms with Crippen molar-refractivity contribution < 1.29 is 14.4 Å². The van der Waals surface area contributed by atoms with E-state index < -0.39 is 12.1 Å². The molecular formula is C28H26ClN9O3S. The molecule has 0 bridgehead atoms. The molecule has 12 nitrogen and oxygen atoms in total. The van der Waals surface area contributed by atoms with Crippen molar-refractivity contribution >= 4 is 52.3 Å². The molecule has 2 aliphatic rings. The molecule has 214 valence electrons. The number of nitrogens with one attached hydrogen (secondary N) is 2. The minimum Gasteiger partial charge on any atom is -0.350 e. The Hall–Kier alpha value is -4.49. The molecule has 14 heteroatoms. The van der Waals surface area contributed by atoms with Gasteiger partial charge in [-0.25, -0.2) is 4.79 Å². The predicted octanol–water partition coefficient (Wildman–Crippen LogP) is 3.74. The Labute approximate surface area is 249 Å². The van der Waals surface area contributed by atoms with E-state index in [1.807, 2.05) is 35.8 Å². The fourth-order valence-electron chi connectivity index (χ4n) is 4.94. The molecule has 0 radical (unpaired) electrons. The number of urea groups is 1. The zero-order valence-corrected chi connectivity index (χ0v) is 24.6. The number of aliphatic imine (C=N–C) groups is 1. The number of rotatable bonds is 6. The van der Waals surface area contributed by atoms with Crippen LogP contribution >= 0.6 is 22.9 Å². The van der Waals surface area contributed by atoms with Crippen LogP contribution in [0.1, 0.15) is 57.8 Å². The molecule has 1 aromatic carbocycles. The first-order chi connectivity index (χ1) is 20.2. The van der Waals surface area contributed by atoms with E-state index in [4.69, 9.17) is 16.6 Å². The molecule has 0 saturated carbocycles. The molecule has 0 aliphatic carbocycles. The van der Waals surface area contributed by atoms with E-state index in [0.29, 0.717) is 28.2 Å². The van der Waals surface area contributed by atoms with Crippen molar-refractivity contribution in [1.82, 2.24) is 35.6 Å². The van der Waals surface area contributed by atoms with Crippen LogP contribution in [0.3, 0.4) is 0 Å². The average molecular weight is 604 g/mol. The molecule has 42 heavy (non-hydrogen) atoms. The molecule has 0 spiro atoms. The van der Waals surface area contributed by atoms with Gasteiger partial charge in [-0.05, 0) is 50.6 Å². The summed E-state index contributed by atoms with van der Waals surface area (Å²) < 4.78 is 2.00. The fraction of sp³-hybridized carbons (Fsp3) is 0.286. The van der Waals surface area contributed by atoms with E-state index in [1.165, 1.54) is 9.78 Å². The average Bonchev–Trinajstić information content (AvgIpc) is 3.44. The van der Waals surface area contributed by atoms with Gasteiger partial charge in [0.2, 0.25) is 11.8 Å². The number of fused-ring (bicyclic) bond motifs is 3. The summed E-state index contributed by atoms with van der Waals surface area (Å²) in [6.45, 7) is 6.41. The number of hydrogen-bond acceptors (Lipinski definition) is 9. The van der Waals surface area contributed by atoms with Crippen LogP contribution in [0.4, 0.5) is 10.6 Å². The third kappa shape index (κ3) is 5.16. The van der Waals surface area contributed by atoms with Gasteiger partial charge in [-0.15, -0.1) is 26.6 Å². The maximum Gasteiger partial charge on any atom is 0.329 e. The molecular weight excluding hydrogens is 578 g/mol. The predicted molar refractivity (Wildman–Crippen MR) is 157 cm³/mol. The van der Waals surface area contributed by atoms with Gasteiger partial charge in [-0.2, -0.15) is 5.10 Å². The maximum absolute atomic E-state index is 13.2. The minimum absolute atomic E-state index is 0.0374. The second kappa shape index (κ2) is 11.1. The van der Waals surface area contributed by atoms with Crippen molar-refractivity contribution in [2.75, 3.05) is 11.4 Å². The van der Waals surface area contributed by atoms with E-state index in [-0.39, 0.29) is 37.7 Å². The quantitative estimate of drug-likeness (QED) is 0.341. The number of imide groups is 1. The standard InChI is InChI=1S/C28H26ClN9O3S/c1-14-15(2)42-27-24(14)25(17-4-6-18(29)7-5-17)31-20(26-36-33-16(3)38(26)27)12-23(40)30-13-19-8-9-21(35-34-19)37-11-10-22(39)32-28(37)41/h4-9,20H,10-13H2,1-3H3,(H,30,40)(H,32,39,41)/t20-/m0/s1. The number of amides is 4. The van der Waals surface area contributed by atoms with Gasteiger partial charge in [-0.1, -0.05) is 23.7 Å². The SMILES string of the molecule is Cc1sc2c(c1C)C(c1ccc(Cl)cc1)=N[C@@H](CC(=O)NCc1ccc(N3CCC(=O)NC3=O)nn1)c1nnc(C)n1-2. The minimum atomic E-state index is -0.593. The molecule has 3 aromatic heterocycles. The van der Waals surface area contributed by atoms with E-state index in [2.05, 4.69) is 44.9 Å². The lowest BCUT2D eigenvalue weighted by molar-refractivity contribution is -0.122. The normalized spacial score (nSPS) is 16.3. The number of aryl methyl sites for hydroxylation is 2. The van der Waals surface area contributed by atoms with E-state index in [0.717, 1.165) is 27.4 Å². The summed E-state index contributed by atoms with van der Waals surface area (Å²) in [5, 5.41) is 23.8. The van der Waals surface area contributed by atoms with Gasteiger partial charge in [0.25, 0.3) is 0 Å². The van der Waals surface area contributed by atoms with Crippen molar-refractivity contribution in [1.29, 1.82) is 0 Å². The molecule has 6 rings (SSSR count). The summed E-state index contributed by atoms with van der Waals surface area (Å²) in [5.74, 6) is 1.06. The van der Waals surface area contributed by atoms with Gasteiger partial charge in [0.15, 0.2) is 11.6 Å². The zero-order chi connectivity index (χ0) is 29.5. The lowest BCUT2D eigenvalue weighted by atomic mass is 9.99. The Balaban J connectivity index is 1.24. The summed E-state index contributed by atoms with van der Waals surface area (Å²) in [5.41, 5.74) is 4.29. The highest BCUT2D eigenvalue weighted by Gasteiger charge is 2.32. The van der Waals surface area contributed by atoms with Gasteiger partial charge in [0.05, 0.1) is 24.4 Å². The molecule has 2 aliphatic heterocycles. The Kier molecular flexibility index (Phi) is 7.29. The van der Waals surface area contributed by atoms with Crippen LogP contribution in [0.5, 0.6) is 0 Å². The van der Waals surface area contributed by atoms with Crippen molar-refractivity contribution in [3.63, 3.8) is 0 Å². The molecule has 1 atom stereocenters. The second-order valence-corrected chi connectivity index (χ2v) is 11.7. The van der Waals surface area contributed by atoms with Gasteiger partial charge in [0.1, 0.15) is 16.9 Å². The van der Waals surface area contributed by atoms with Gasteiger partial charge < -0.3 is 5.32 Å². The summed E-state index contributed by atoms with van der Waals surface area (Å²) >= 11 is 7.83. The van der Waals surface area contributed by atoms with Crippen molar-refractivity contribution in [3.8, 4) is 5.00 Å². The molecule has 4 aromatic rings. The summed E-state index contributed by atoms with van der Waals surface area (Å²) in [4.78, 5) is 44.3. The molecule has 1 saturated heterocycles. The van der Waals surface area contributed by atoms with Crippen molar-refractivity contribution in [2.45, 2.75) is 46.2 Å². The molecule has 4 amide bonds. The lowest BCUT2D eigenvalue weighted by Crippen LogP contribution is -2.50. The second-order valence-electron chi connectivity index (χ2n) is 10.0. The van der Waals surface area contributed by atoms with E-state index in [1.54, 1.807) is 23.5 Å². The van der Waals surface area contributed by atoms with Crippen molar-refractivity contribution in [2.24, 2.45) is 4.99 Å². The van der Waals surface area contributed by atoms with Gasteiger partial charge in [0, 0.05) is 34.0 Å². The third-order valence-corrected chi connectivity index (χ3v) is 8.68. The summed E-state index contributed by atoms with van der Waals surface area (Å²) in [6, 6.07) is 9.70. The van der Waals surface area contributed by atoms with Crippen molar-refractivity contribution in [3.05, 3.63) is 80.3 Å². The highest BCUT2D eigenvalue weighted by Crippen LogP contribution is 2.39. The first-order valence-corrected chi connectivity index (χ1v) is 14.5. The number of nitrogens with zero attached hydrogens (tertiary/aromatic N) is 7. The van der Waals surface area contributed by atoms with Gasteiger partial charge >= 0.3 is 6.03 Å². The number of thiophene rings is 1. The number of aromatic nitrogens is 5. The fourth-order valence-corrected chi connectivity index (χ4v) is 6.28. The number of carbonyl (C=O) groups is 3. The first-order valence-electron chi connectivity index (χ1n) is 13.3. The van der Waals surface area contributed by atoms with Gasteiger partial charge in [-0.3, -0.25) is 29.4 Å². The van der Waals surface area contributed by atoms with E-state index in [9.17, 15) is 14.4 Å².